The summed E-state index contributed by atoms with van der Waals surface area (Å²) in [6, 6.07) is 1.61. The molecule has 4 nitrogen and oxygen atoms in total. The Kier molecular flexibility index (Phi) is 3.78. The Morgan fingerprint density at radius 1 is 1.21 bits per heavy atom. The molecule has 1 amide bonds. The predicted octanol–water partition coefficient (Wildman–Crippen LogP) is 1.10. The van der Waals surface area contributed by atoms with Crippen molar-refractivity contribution in [3.05, 3.63) is 35.4 Å². The number of nitrogens with one attached hydrogen (secondary N) is 1. The Balaban J connectivity index is 2.13. The molecule has 1 fully saturated rings. The van der Waals surface area contributed by atoms with Crippen molar-refractivity contribution >= 4 is 27.3 Å². The van der Waals surface area contributed by atoms with Crippen LogP contribution in [0.15, 0.2) is 18.2 Å². The summed E-state index contributed by atoms with van der Waals surface area (Å²) in [6.07, 6.45) is 0. The van der Waals surface area contributed by atoms with Crippen molar-refractivity contribution in [2.24, 2.45) is 0 Å². The fourth-order valence-corrected chi connectivity index (χ4v) is 4.42. The van der Waals surface area contributed by atoms with Crippen LogP contribution >= 0.6 is 11.6 Å². The molecular weight excluding hydrogens is 300 g/mol. The third kappa shape index (κ3) is 3.42. The van der Waals surface area contributed by atoms with Gasteiger partial charge in [0.2, 0.25) is 0 Å². The van der Waals surface area contributed by atoms with Gasteiger partial charge in [-0.2, -0.15) is 0 Å². The molecule has 19 heavy (non-hydrogen) atoms. The van der Waals surface area contributed by atoms with Gasteiger partial charge in [0.05, 0.1) is 22.9 Å². The van der Waals surface area contributed by atoms with Gasteiger partial charge in [0.25, 0.3) is 5.91 Å². The minimum atomic E-state index is -3.28. The number of carbonyl (C=O) groups excluding carboxylic acids is 1. The molecule has 0 bridgehead atoms. The van der Waals surface area contributed by atoms with E-state index >= 15 is 0 Å². The van der Waals surface area contributed by atoms with Crippen LogP contribution in [0.1, 0.15) is 10.4 Å². The van der Waals surface area contributed by atoms with Gasteiger partial charge < -0.3 is 5.32 Å². The normalized spacial score (nSPS) is 25.2. The molecule has 1 saturated heterocycles. The molecule has 2 atom stereocenters. The van der Waals surface area contributed by atoms with Crippen LogP contribution in [0.3, 0.4) is 0 Å². The van der Waals surface area contributed by atoms with Crippen molar-refractivity contribution in [1.82, 2.24) is 5.32 Å². The number of sulfone groups is 1. The highest BCUT2D eigenvalue weighted by molar-refractivity contribution is 7.91. The lowest BCUT2D eigenvalue weighted by molar-refractivity contribution is 0.0940. The Hall–Kier alpha value is -1.21. The molecule has 8 heteroatoms. The van der Waals surface area contributed by atoms with E-state index in [-0.39, 0.29) is 17.1 Å². The smallest absolute Gasteiger partial charge is 0.251 e. The van der Waals surface area contributed by atoms with E-state index in [1.807, 2.05) is 0 Å². The van der Waals surface area contributed by atoms with E-state index in [1.165, 1.54) is 0 Å². The van der Waals surface area contributed by atoms with Crippen LogP contribution in [0.5, 0.6) is 0 Å². The third-order valence-corrected chi connectivity index (χ3v) is 5.10. The monoisotopic (exact) mass is 309 g/mol. The first-order valence-electron chi connectivity index (χ1n) is 5.38. The minimum Gasteiger partial charge on any atom is -0.347 e. The highest BCUT2D eigenvalue weighted by Crippen LogP contribution is 2.18. The van der Waals surface area contributed by atoms with Gasteiger partial charge in [0.1, 0.15) is 11.6 Å². The summed E-state index contributed by atoms with van der Waals surface area (Å²) in [5.41, 5.74) is -0.217. The maximum Gasteiger partial charge on any atom is 0.251 e. The first kappa shape index (κ1) is 14.2. The molecular formula is C11H10ClF2NO3S. The fourth-order valence-electron chi connectivity index (χ4n) is 1.87. The van der Waals surface area contributed by atoms with Gasteiger partial charge in [-0.3, -0.25) is 4.79 Å². The Bertz CT molecular complexity index is 600. The fraction of sp³-hybridized carbons (Fsp3) is 0.364. The Morgan fingerprint density at radius 2 is 1.79 bits per heavy atom. The van der Waals surface area contributed by atoms with E-state index in [1.54, 1.807) is 0 Å². The number of hydrogen-bond acceptors (Lipinski definition) is 3. The molecule has 1 N–H and O–H groups in total. The molecule has 0 aromatic heterocycles. The number of carbonyl (C=O) groups is 1. The quantitative estimate of drug-likeness (QED) is 0.832. The molecule has 0 radical (unpaired) electrons. The summed E-state index contributed by atoms with van der Waals surface area (Å²) < 4.78 is 48.6. The third-order valence-electron chi connectivity index (χ3n) is 2.72. The lowest BCUT2D eigenvalue weighted by Crippen LogP contribution is -2.40. The van der Waals surface area contributed by atoms with Gasteiger partial charge in [0.15, 0.2) is 9.84 Å². The highest BCUT2D eigenvalue weighted by atomic mass is 35.5. The summed E-state index contributed by atoms with van der Waals surface area (Å²) in [4.78, 5) is 11.8. The number of rotatable bonds is 2. The maximum absolute atomic E-state index is 13.0. The molecule has 1 aromatic carbocycles. The zero-order valence-electron chi connectivity index (χ0n) is 9.57. The van der Waals surface area contributed by atoms with Gasteiger partial charge in [-0.15, -0.1) is 11.6 Å². The van der Waals surface area contributed by atoms with Crippen LogP contribution in [0.25, 0.3) is 0 Å². The summed E-state index contributed by atoms with van der Waals surface area (Å²) >= 11 is 5.81. The summed E-state index contributed by atoms with van der Waals surface area (Å²) in [7, 11) is -3.28. The summed E-state index contributed by atoms with van der Waals surface area (Å²) in [5, 5.41) is 1.63. The predicted molar refractivity (Wildman–Crippen MR) is 65.9 cm³/mol. The number of hydrogen-bond donors (Lipinski definition) is 1. The Labute approximate surface area is 113 Å². The molecule has 1 aliphatic heterocycles. The molecule has 0 aliphatic carbocycles. The van der Waals surface area contributed by atoms with E-state index in [0.29, 0.717) is 6.07 Å². The standard InChI is InChI=1S/C11H10ClF2NO3S/c12-9-4-19(17,18)5-10(9)15-11(16)6-1-7(13)3-8(14)2-6/h1-3,9-10H,4-5H2,(H,15,16). The molecule has 1 heterocycles. The van der Waals surface area contributed by atoms with Gasteiger partial charge >= 0.3 is 0 Å². The van der Waals surface area contributed by atoms with Gasteiger partial charge in [0, 0.05) is 11.6 Å². The van der Waals surface area contributed by atoms with E-state index in [9.17, 15) is 22.0 Å². The molecule has 104 valence electrons. The largest absolute Gasteiger partial charge is 0.347 e. The molecule has 1 aromatic rings. The number of benzene rings is 1. The highest BCUT2D eigenvalue weighted by Gasteiger charge is 2.37. The number of alkyl halides is 1. The second-order valence-corrected chi connectivity index (χ2v) is 7.05. The minimum absolute atomic E-state index is 0.217. The molecule has 2 unspecified atom stereocenters. The topological polar surface area (TPSA) is 63.2 Å². The first-order valence-corrected chi connectivity index (χ1v) is 7.64. The number of halogens is 3. The molecule has 1 aliphatic rings. The van der Waals surface area contributed by atoms with Crippen molar-refractivity contribution in [1.29, 1.82) is 0 Å². The molecule has 0 spiro atoms. The van der Waals surface area contributed by atoms with E-state index in [4.69, 9.17) is 11.6 Å². The van der Waals surface area contributed by atoms with Crippen LogP contribution < -0.4 is 5.32 Å². The van der Waals surface area contributed by atoms with E-state index in [2.05, 4.69) is 5.32 Å². The SMILES string of the molecule is O=C(NC1CS(=O)(=O)CC1Cl)c1cc(F)cc(F)c1. The van der Waals surface area contributed by atoms with Crippen molar-refractivity contribution in [3.63, 3.8) is 0 Å². The summed E-state index contributed by atoms with van der Waals surface area (Å²) in [6.45, 7) is 0. The molecule has 0 saturated carbocycles. The van der Waals surface area contributed by atoms with Crippen LogP contribution in [0.2, 0.25) is 0 Å². The Morgan fingerprint density at radius 3 is 2.26 bits per heavy atom. The average Bonchev–Trinajstić information content (AvgIpc) is 2.50. The van der Waals surface area contributed by atoms with Crippen molar-refractivity contribution < 1.29 is 22.0 Å². The van der Waals surface area contributed by atoms with Gasteiger partial charge in [-0.25, -0.2) is 17.2 Å². The van der Waals surface area contributed by atoms with Gasteiger partial charge in [-0.1, -0.05) is 0 Å². The van der Waals surface area contributed by atoms with Crippen LogP contribution in [-0.2, 0) is 9.84 Å². The van der Waals surface area contributed by atoms with E-state index in [0.717, 1.165) is 12.1 Å². The summed E-state index contributed by atoms with van der Waals surface area (Å²) in [5.74, 6) is -3.02. The van der Waals surface area contributed by atoms with Gasteiger partial charge in [-0.05, 0) is 12.1 Å². The second kappa shape index (κ2) is 5.05. The van der Waals surface area contributed by atoms with E-state index < -0.39 is 38.8 Å². The van der Waals surface area contributed by atoms with Crippen molar-refractivity contribution in [2.75, 3.05) is 11.5 Å². The van der Waals surface area contributed by atoms with Crippen molar-refractivity contribution in [3.8, 4) is 0 Å². The van der Waals surface area contributed by atoms with Crippen LogP contribution in [0, 0.1) is 11.6 Å². The lowest BCUT2D eigenvalue weighted by Gasteiger charge is -2.14. The lowest BCUT2D eigenvalue weighted by atomic mass is 10.1. The zero-order chi connectivity index (χ0) is 14.2. The van der Waals surface area contributed by atoms with Crippen molar-refractivity contribution in [2.45, 2.75) is 11.4 Å². The molecule has 2 rings (SSSR count). The van der Waals surface area contributed by atoms with Crippen LogP contribution in [-0.4, -0.2) is 37.2 Å². The average molecular weight is 310 g/mol. The van der Waals surface area contributed by atoms with Crippen LogP contribution in [0.4, 0.5) is 8.78 Å². The zero-order valence-corrected chi connectivity index (χ0v) is 11.1. The second-order valence-electron chi connectivity index (χ2n) is 4.33. The first-order chi connectivity index (χ1) is 8.77. The maximum atomic E-state index is 13.0. The number of amides is 1.